The first-order chi connectivity index (χ1) is 5.83. The third-order valence-electron chi connectivity index (χ3n) is 1.96. The van der Waals surface area contributed by atoms with E-state index >= 15 is 0 Å². The summed E-state index contributed by atoms with van der Waals surface area (Å²) in [5.41, 5.74) is 2.40. The summed E-state index contributed by atoms with van der Waals surface area (Å²) in [5.74, 6) is 0. The van der Waals surface area contributed by atoms with Crippen molar-refractivity contribution < 1.29 is 0 Å². The number of unbranched alkanes of at least 4 members (excludes halogenated alkanes) is 1. The molecule has 0 radical (unpaired) electrons. The second kappa shape index (κ2) is 4.91. The predicted octanol–water partition coefficient (Wildman–Crippen LogP) is 3.48. The Morgan fingerprint density at radius 1 is 1.50 bits per heavy atom. The van der Waals surface area contributed by atoms with Crippen LogP contribution in [0, 0.1) is 0 Å². The lowest BCUT2D eigenvalue weighted by atomic mass is 10.2. The summed E-state index contributed by atoms with van der Waals surface area (Å²) in [6.07, 6.45) is 11.2. The molecular formula is C11H17N. The van der Waals surface area contributed by atoms with Crippen LogP contribution < -0.4 is 0 Å². The molecule has 0 amide bonds. The molecular weight excluding hydrogens is 146 g/mol. The van der Waals surface area contributed by atoms with Gasteiger partial charge in [0.25, 0.3) is 0 Å². The van der Waals surface area contributed by atoms with Crippen LogP contribution in [-0.4, -0.2) is 5.71 Å². The highest BCUT2D eigenvalue weighted by molar-refractivity contribution is 5.93. The fraction of sp³-hybridized carbons (Fsp3) is 0.545. The van der Waals surface area contributed by atoms with Crippen molar-refractivity contribution >= 4 is 5.71 Å². The molecule has 0 aromatic rings. The fourth-order valence-electron chi connectivity index (χ4n) is 1.27. The molecule has 1 nitrogen and oxygen atoms in total. The Bertz CT molecular complexity index is 221. The summed E-state index contributed by atoms with van der Waals surface area (Å²) in [5, 5.41) is 0. The van der Waals surface area contributed by atoms with Crippen LogP contribution in [0.2, 0.25) is 0 Å². The van der Waals surface area contributed by atoms with E-state index in [4.69, 9.17) is 0 Å². The van der Waals surface area contributed by atoms with Crippen LogP contribution in [0.1, 0.15) is 39.5 Å². The van der Waals surface area contributed by atoms with Crippen molar-refractivity contribution in [1.82, 2.24) is 0 Å². The normalized spacial score (nSPS) is 16.8. The van der Waals surface area contributed by atoms with Gasteiger partial charge in [-0.05, 0) is 32.3 Å². The molecule has 0 atom stereocenters. The van der Waals surface area contributed by atoms with Gasteiger partial charge >= 0.3 is 0 Å². The number of allylic oxidation sites excluding steroid dienone is 4. The lowest BCUT2D eigenvalue weighted by Gasteiger charge is -1.99. The van der Waals surface area contributed by atoms with Crippen molar-refractivity contribution in [3.8, 4) is 0 Å². The van der Waals surface area contributed by atoms with Gasteiger partial charge in [-0.2, -0.15) is 0 Å². The molecule has 0 aromatic heterocycles. The highest BCUT2D eigenvalue weighted by Gasteiger charge is 1.96. The van der Waals surface area contributed by atoms with Crippen LogP contribution in [-0.2, 0) is 0 Å². The molecule has 12 heavy (non-hydrogen) atoms. The van der Waals surface area contributed by atoms with E-state index in [2.05, 4.69) is 37.1 Å². The van der Waals surface area contributed by atoms with Gasteiger partial charge in [-0.3, -0.25) is 4.99 Å². The zero-order valence-corrected chi connectivity index (χ0v) is 8.01. The topological polar surface area (TPSA) is 12.4 Å². The van der Waals surface area contributed by atoms with E-state index in [0.29, 0.717) is 0 Å². The monoisotopic (exact) mass is 163 g/mol. The summed E-state index contributed by atoms with van der Waals surface area (Å²) in [4.78, 5) is 4.50. The van der Waals surface area contributed by atoms with Crippen LogP contribution in [0.5, 0.6) is 0 Å². The number of hydrogen-bond donors (Lipinski definition) is 0. The van der Waals surface area contributed by atoms with Crippen LogP contribution in [0.15, 0.2) is 28.9 Å². The van der Waals surface area contributed by atoms with Crippen molar-refractivity contribution in [3.63, 3.8) is 0 Å². The van der Waals surface area contributed by atoms with Crippen molar-refractivity contribution in [1.29, 1.82) is 0 Å². The third-order valence-corrected chi connectivity index (χ3v) is 1.96. The first kappa shape index (κ1) is 9.24. The lowest BCUT2D eigenvalue weighted by Crippen LogP contribution is -1.85. The average molecular weight is 163 g/mol. The molecule has 0 spiro atoms. The Labute approximate surface area is 74.9 Å². The Kier molecular flexibility index (Phi) is 3.78. The molecule has 1 heterocycles. The third kappa shape index (κ3) is 3.04. The molecule has 1 aliphatic heterocycles. The minimum Gasteiger partial charge on any atom is -0.259 e. The Hall–Kier alpha value is -0.850. The quantitative estimate of drug-likeness (QED) is 0.604. The Morgan fingerprint density at radius 3 is 3.08 bits per heavy atom. The van der Waals surface area contributed by atoms with Crippen molar-refractivity contribution in [2.75, 3.05) is 0 Å². The van der Waals surface area contributed by atoms with Gasteiger partial charge in [-0.15, -0.1) is 0 Å². The van der Waals surface area contributed by atoms with Gasteiger partial charge in [-0.1, -0.05) is 25.5 Å². The van der Waals surface area contributed by atoms with Crippen LogP contribution >= 0.6 is 0 Å². The minimum absolute atomic E-state index is 1.04. The van der Waals surface area contributed by atoms with Crippen molar-refractivity contribution in [2.45, 2.75) is 39.5 Å². The summed E-state index contributed by atoms with van der Waals surface area (Å²) in [7, 11) is 0. The van der Waals surface area contributed by atoms with Gasteiger partial charge in [0.2, 0.25) is 0 Å². The van der Waals surface area contributed by atoms with E-state index in [-0.39, 0.29) is 0 Å². The Morgan fingerprint density at radius 2 is 2.33 bits per heavy atom. The van der Waals surface area contributed by atoms with Gasteiger partial charge in [0.05, 0.1) is 0 Å². The van der Waals surface area contributed by atoms with Crippen LogP contribution in [0.4, 0.5) is 0 Å². The van der Waals surface area contributed by atoms with Gasteiger partial charge in [0.15, 0.2) is 0 Å². The summed E-state index contributed by atoms with van der Waals surface area (Å²) in [6.45, 7) is 4.27. The summed E-state index contributed by atoms with van der Waals surface area (Å²) >= 11 is 0. The standard InChI is InChI=1S/C11H17N/c1-3-4-8-11-9-6-5-7-10(2)12-11/h5,7,9H,3-4,6,8H2,1-2H3. The highest BCUT2D eigenvalue weighted by atomic mass is 14.7. The maximum absolute atomic E-state index is 4.50. The van der Waals surface area contributed by atoms with Crippen molar-refractivity contribution in [2.24, 2.45) is 4.99 Å². The SMILES string of the molecule is CCCCC1=CCC=CC(C)=N1. The van der Waals surface area contributed by atoms with E-state index in [9.17, 15) is 0 Å². The van der Waals surface area contributed by atoms with Gasteiger partial charge in [0, 0.05) is 11.4 Å². The molecule has 0 bridgehead atoms. The second-order valence-electron chi connectivity index (χ2n) is 3.19. The molecule has 1 rings (SSSR count). The molecule has 0 unspecified atom stereocenters. The van der Waals surface area contributed by atoms with E-state index in [1.165, 1.54) is 18.5 Å². The van der Waals surface area contributed by atoms with E-state index in [0.717, 1.165) is 18.6 Å². The minimum atomic E-state index is 1.04. The predicted molar refractivity (Wildman–Crippen MR) is 54.5 cm³/mol. The molecule has 1 aliphatic rings. The van der Waals surface area contributed by atoms with E-state index < -0.39 is 0 Å². The zero-order chi connectivity index (χ0) is 8.81. The second-order valence-corrected chi connectivity index (χ2v) is 3.19. The van der Waals surface area contributed by atoms with E-state index in [1.54, 1.807) is 0 Å². The summed E-state index contributed by atoms with van der Waals surface area (Å²) < 4.78 is 0. The molecule has 0 saturated heterocycles. The summed E-state index contributed by atoms with van der Waals surface area (Å²) in [6, 6.07) is 0. The fourth-order valence-corrected chi connectivity index (χ4v) is 1.27. The van der Waals surface area contributed by atoms with Gasteiger partial charge in [0.1, 0.15) is 0 Å². The first-order valence-corrected chi connectivity index (χ1v) is 4.74. The smallest absolute Gasteiger partial charge is 0.0372 e. The molecule has 0 aliphatic carbocycles. The number of aliphatic imine (C=N–C) groups is 1. The number of rotatable bonds is 3. The van der Waals surface area contributed by atoms with Gasteiger partial charge < -0.3 is 0 Å². The Balaban J connectivity index is 2.53. The van der Waals surface area contributed by atoms with Crippen LogP contribution in [0.25, 0.3) is 0 Å². The molecule has 0 fully saturated rings. The van der Waals surface area contributed by atoms with Crippen molar-refractivity contribution in [3.05, 3.63) is 23.9 Å². The zero-order valence-electron chi connectivity index (χ0n) is 8.01. The maximum Gasteiger partial charge on any atom is 0.0372 e. The molecule has 0 N–H and O–H groups in total. The number of nitrogens with zero attached hydrogens (tertiary/aromatic N) is 1. The lowest BCUT2D eigenvalue weighted by molar-refractivity contribution is 0.779. The molecule has 1 heteroatoms. The molecule has 0 saturated carbocycles. The number of hydrogen-bond acceptors (Lipinski definition) is 1. The largest absolute Gasteiger partial charge is 0.259 e. The van der Waals surface area contributed by atoms with E-state index in [1.807, 2.05) is 0 Å². The molecule has 66 valence electrons. The highest BCUT2D eigenvalue weighted by Crippen LogP contribution is 2.12. The molecule has 0 aromatic carbocycles. The maximum atomic E-state index is 4.50. The van der Waals surface area contributed by atoms with Gasteiger partial charge in [-0.25, -0.2) is 0 Å². The average Bonchev–Trinajstić information content (AvgIpc) is 2.26. The first-order valence-electron chi connectivity index (χ1n) is 4.74. The van der Waals surface area contributed by atoms with Crippen LogP contribution in [0.3, 0.4) is 0 Å².